The highest BCUT2D eigenvalue weighted by Crippen LogP contribution is 2.26. The second-order valence-electron chi connectivity index (χ2n) is 4.68. The first-order valence-electron chi connectivity index (χ1n) is 5.94. The van der Waals surface area contributed by atoms with Crippen LogP contribution in [-0.2, 0) is 4.79 Å². The number of aliphatic hydroxyl groups is 1. The van der Waals surface area contributed by atoms with E-state index in [0.717, 1.165) is 12.2 Å². The van der Waals surface area contributed by atoms with Gasteiger partial charge in [0.05, 0.1) is 6.61 Å². The molecule has 0 bridgehead atoms. The number of hydrogen-bond donors (Lipinski definition) is 1. The number of amides is 1. The highest BCUT2D eigenvalue weighted by atomic mass is 35.5. The number of piperazine rings is 1. The van der Waals surface area contributed by atoms with Gasteiger partial charge in [-0.05, 0) is 32.2 Å². The Balaban J connectivity index is 2.34. The SMILES string of the molecule is CC1CN(C)C(CO)C(=O)N1c1cccc(Cl)c1. The summed E-state index contributed by atoms with van der Waals surface area (Å²) in [6.45, 7) is 2.55. The van der Waals surface area contributed by atoms with E-state index >= 15 is 0 Å². The number of hydrogen-bond acceptors (Lipinski definition) is 3. The van der Waals surface area contributed by atoms with E-state index in [1.807, 2.05) is 31.0 Å². The smallest absolute Gasteiger partial charge is 0.247 e. The van der Waals surface area contributed by atoms with E-state index in [1.54, 1.807) is 17.0 Å². The average molecular weight is 269 g/mol. The monoisotopic (exact) mass is 268 g/mol. The van der Waals surface area contributed by atoms with Crippen molar-refractivity contribution >= 4 is 23.2 Å². The summed E-state index contributed by atoms with van der Waals surface area (Å²) in [6, 6.07) is 6.82. The molecule has 1 N–H and O–H groups in total. The molecule has 1 aromatic rings. The number of halogens is 1. The van der Waals surface area contributed by atoms with E-state index in [9.17, 15) is 9.90 Å². The molecule has 2 atom stereocenters. The number of anilines is 1. The molecule has 0 aliphatic carbocycles. The second-order valence-corrected chi connectivity index (χ2v) is 5.11. The molecule has 18 heavy (non-hydrogen) atoms. The lowest BCUT2D eigenvalue weighted by Gasteiger charge is -2.42. The number of carbonyl (C=O) groups excluding carboxylic acids is 1. The van der Waals surface area contributed by atoms with Crippen LogP contribution in [0.5, 0.6) is 0 Å². The summed E-state index contributed by atoms with van der Waals surface area (Å²) in [5.41, 5.74) is 0.784. The quantitative estimate of drug-likeness (QED) is 0.881. The zero-order chi connectivity index (χ0) is 13.3. The molecule has 1 aliphatic heterocycles. The summed E-state index contributed by atoms with van der Waals surface area (Å²) in [4.78, 5) is 16.0. The van der Waals surface area contributed by atoms with Crippen LogP contribution >= 0.6 is 11.6 Å². The van der Waals surface area contributed by atoms with E-state index in [1.165, 1.54) is 0 Å². The van der Waals surface area contributed by atoms with Crippen molar-refractivity contribution < 1.29 is 9.90 Å². The van der Waals surface area contributed by atoms with Gasteiger partial charge in [0, 0.05) is 23.3 Å². The molecule has 1 aromatic carbocycles. The van der Waals surface area contributed by atoms with Crippen molar-refractivity contribution in [3.63, 3.8) is 0 Å². The lowest BCUT2D eigenvalue weighted by molar-refractivity contribution is -0.127. The first-order valence-corrected chi connectivity index (χ1v) is 6.32. The molecular formula is C13H17ClN2O2. The van der Waals surface area contributed by atoms with Crippen LogP contribution in [0.1, 0.15) is 6.92 Å². The van der Waals surface area contributed by atoms with Gasteiger partial charge in [-0.3, -0.25) is 9.69 Å². The van der Waals surface area contributed by atoms with Crippen molar-refractivity contribution in [1.29, 1.82) is 0 Å². The van der Waals surface area contributed by atoms with Crippen LogP contribution in [0.4, 0.5) is 5.69 Å². The summed E-state index contributed by atoms with van der Waals surface area (Å²) in [6.07, 6.45) is 0. The summed E-state index contributed by atoms with van der Waals surface area (Å²) in [5, 5.41) is 9.93. The van der Waals surface area contributed by atoms with Gasteiger partial charge < -0.3 is 10.0 Å². The topological polar surface area (TPSA) is 43.8 Å². The van der Waals surface area contributed by atoms with Gasteiger partial charge in [-0.25, -0.2) is 0 Å². The fourth-order valence-corrected chi connectivity index (χ4v) is 2.60. The molecular weight excluding hydrogens is 252 g/mol. The van der Waals surface area contributed by atoms with E-state index in [4.69, 9.17) is 11.6 Å². The number of benzene rings is 1. The molecule has 98 valence electrons. The molecule has 4 nitrogen and oxygen atoms in total. The van der Waals surface area contributed by atoms with Gasteiger partial charge in [0.25, 0.3) is 0 Å². The van der Waals surface area contributed by atoms with Crippen LogP contribution in [0.3, 0.4) is 0 Å². The minimum atomic E-state index is -0.472. The molecule has 2 unspecified atom stereocenters. The number of rotatable bonds is 2. The first-order chi connectivity index (χ1) is 8.54. The van der Waals surface area contributed by atoms with Crippen molar-refractivity contribution in [3.8, 4) is 0 Å². The standard InChI is InChI=1S/C13H17ClN2O2/c1-9-7-15(2)12(8-17)13(18)16(9)11-5-3-4-10(14)6-11/h3-6,9,12,17H,7-8H2,1-2H3. The third kappa shape index (κ3) is 2.36. The largest absolute Gasteiger partial charge is 0.394 e. The minimum Gasteiger partial charge on any atom is -0.394 e. The summed E-state index contributed by atoms with van der Waals surface area (Å²) >= 11 is 5.96. The lowest BCUT2D eigenvalue weighted by Crippen LogP contribution is -2.61. The fourth-order valence-electron chi connectivity index (χ4n) is 2.42. The van der Waals surface area contributed by atoms with Crippen molar-refractivity contribution in [2.75, 3.05) is 25.1 Å². The molecule has 5 heteroatoms. The average Bonchev–Trinajstić information content (AvgIpc) is 2.28. The van der Waals surface area contributed by atoms with Crippen LogP contribution in [0, 0.1) is 0 Å². The maximum Gasteiger partial charge on any atom is 0.247 e. The number of nitrogens with zero attached hydrogens (tertiary/aromatic N) is 2. The third-order valence-corrected chi connectivity index (χ3v) is 3.54. The van der Waals surface area contributed by atoms with E-state index in [-0.39, 0.29) is 18.6 Å². The normalized spacial score (nSPS) is 25.6. The number of likely N-dealkylation sites (N-methyl/N-ethyl adjacent to an activating group) is 1. The van der Waals surface area contributed by atoms with Gasteiger partial charge in [-0.1, -0.05) is 17.7 Å². The Bertz CT molecular complexity index is 452. The zero-order valence-electron chi connectivity index (χ0n) is 10.5. The van der Waals surface area contributed by atoms with Crippen molar-refractivity contribution in [3.05, 3.63) is 29.3 Å². The highest BCUT2D eigenvalue weighted by Gasteiger charge is 2.37. The summed E-state index contributed by atoms with van der Waals surface area (Å²) in [7, 11) is 1.85. The number of aliphatic hydroxyl groups excluding tert-OH is 1. The van der Waals surface area contributed by atoms with E-state index in [2.05, 4.69) is 0 Å². The molecule has 1 aliphatic rings. The van der Waals surface area contributed by atoms with Gasteiger partial charge >= 0.3 is 0 Å². The number of carbonyl (C=O) groups is 1. The second kappa shape index (κ2) is 5.26. The van der Waals surface area contributed by atoms with Crippen LogP contribution in [0.15, 0.2) is 24.3 Å². The van der Waals surface area contributed by atoms with E-state index in [0.29, 0.717) is 5.02 Å². The molecule has 1 saturated heterocycles. The molecule has 1 heterocycles. The maximum atomic E-state index is 12.4. The molecule has 0 spiro atoms. The Morgan fingerprint density at radius 3 is 2.83 bits per heavy atom. The fraction of sp³-hybridized carbons (Fsp3) is 0.462. The zero-order valence-corrected chi connectivity index (χ0v) is 11.3. The molecule has 2 rings (SSSR count). The predicted molar refractivity (Wildman–Crippen MR) is 71.9 cm³/mol. The summed E-state index contributed by atoms with van der Waals surface area (Å²) < 4.78 is 0. The van der Waals surface area contributed by atoms with Crippen LogP contribution < -0.4 is 4.90 Å². The predicted octanol–water partition coefficient (Wildman–Crippen LogP) is 1.37. The molecule has 0 aromatic heterocycles. The molecule has 0 radical (unpaired) electrons. The lowest BCUT2D eigenvalue weighted by atomic mass is 10.1. The van der Waals surface area contributed by atoms with Crippen LogP contribution in [0.2, 0.25) is 5.02 Å². The Morgan fingerprint density at radius 1 is 1.50 bits per heavy atom. The Labute approximate surface area is 112 Å². The van der Waals surface area contributed by atoms with Gasteiger partial charge in [0.15, 0.2) is 0 Å². The van der Waals surface area contributed by atoms with Crippen LogP contribution in [-0.4, -0.2) is 48.2 Å². The molecule has 1 amide bonds. The Kier molecular flexibility index (Phi) is 3.90. The van der Waals surface area contributed by atoms with Gasteiger partial charge in [0.1, 0.15) is 6.04 Å². The van der Waals surface area contributed by atoms with Crippen LogP contribution in [0.25, 0.3) is 0 Å². The minimum absolute atomic E-state index is 0.0590. The van der Waals surface area contributed by atoms with Crippen molar-refractivity contribution in [1.82, 2.24) is 4.90 Å². The first kappa shape index (κ1) is 13.3. The molecule has 1 fully saturated rings. The Morgan fingerprint density at radius 2 is 2.22 bits per heavy atom. The van der Waals surface area contributed by atoms with Gasteiger partial charge in [-0.15, -0.1) is 0 Å². The highest BCUT2D eigenvalue weighted by molar-refractivity contribution is 6.30. The van der Waals surface area contributed by atoms with Crippen molar-refractivity contribution in [2.45, 2.75) is 19.0 Å². The summed E-state index contributed by atoms with van der Waals surface area (Å²) in [5.74, 6) is -0.0824. The van der Waals surface area contributed by atoms with Gasteiger partial charge in [0.2, 0.25) is 5.91 Å². The molecule has 0 saturated carbocycles. The maximum absolute atomic E-state index is 12.4. The van der Waals surface area contributed by atoms with Crippen molar-refractivity contribution in [2.24, 2.45) is 0 Å². The Hall–Kier alpha value is -1.10. The van der Waals surface area contributed by atoms with Gasteiger partial charge in [-0.2, -0.15) is 0 Å². The third-order valence-electron chi connectivity index (χ3n) is 3.31. The van der Waals surface area contributed by atoms with E-state index < -0.39 is 6.04 Å².